The zero-order chi connectivity index (χ0) is 13.1. The number of hydrogen-bond donors (Lipinski definition) is 2. The summed E-state index contributed by atoms with van der Waals surface area (Å²) >= 11 is 0. The van der Waals surface area contributed by atoms with Gasteiger partial charge in [-0.3, -0.25) is 0 Å². The van der Waals surface area contributed by atoms with Gasteiger partial charge in [-0.2, -0.15) is 0 Å². The molecule has 1 aliphatic carbocycles. The Bertz CT molecular complexity index is 390. The van der Waals surface area contributed by atoms with Gasteiger partial charge < -0.3 is 10.4 Å². The molecule has 1 aromatic rings. The second kappa shape index (κ2) is 5.75. The molecule has 1 fully saturated rings. The van der Waals surface area contributed by atoms with Crippen LogP contribution in [0.5, 0.6) is 5.75 Å². The van der Waals surface area contributed by atoms with E-state index in [1.54, 1.807) is 6.07 Å². The van der Waals surface area contributed by atoms with Crippen LogP contribution in [0.15, 0.2) is 24.3 Å². The summed E-state index contributed by atoms with van der Waals surface area (Å²) in [5.41, 5.74) is 1.17. The average Bonchev–Trinajstić information content (AvgIpc) is 2.35. The molecule has 0 bridgehead atoms. The first-order valence-electron chi connectivity index (χ1n) is 7.13. The summed E-state index contributed by atoms with van der Waals surface area (Å²) < 4.78 is 0. The number of nitrogens with one attached hydrogen (secondary N) is 1. The zero-order valence-electron chi connectivity index (χ0n) is 11.7. The molecule has 0 radical (unpaired) electrons. The van der Waals surface area contributed by atoms with E-state index in [9.17, 15) is 5.11 Å². The van der Waals surface area contributed by atoms with Crippen molar-refractivity contribution in [1.29, 1.82) is 0 Å². The van der Waals surface area contributed by atoms with E-state index in [-0.39, 0.29) is 0 Å². The Balaban J connectivity index is 2.00. The van der Waals surface area contributed by atoms with Gasteiger partial charge >= 0.3 is 0 Å². The maximum atomic E-state index is 9.53. The molecular weight excluding hydrogens is 222 g/mol. The number of phenols is 1. The first kappa shape index (κ1) is 13.4. The van der Waals surface area contributed by atoms with Gasteiger partial charge in [0.2, 0.25) is 0 Å². The monoisotopic (exact) mass is 247 g/mol. The summed E-state index contributed by atoms with van der Waals surface area (Å²) in [5.74, 6) is 1.90. The Kier molecular flexibility index (Phi) is 4.28. The normalized spacial score (nSPS) is 30.1. The Labute approximate surface area is 110 Å². The quantitative estimate of drug-likeness (QED) is 0.850. The van der Waals surface area contributed by atoms with Crippen molar-refractivity contribution >= 4 is 0 Å². The molecule has 0 aromatic heterocycles. The lowest BCUT2D eigenvalue weighted by atomic mass is 9.77. The molecule has 0 aliphatic heterocycles. The second-order valence-electron chi connectivity index (χ2n) is 5.86. The minimum Gasteiger partial charge on any atom is -0.508 e. The van der Waals surface area contributed by atoms with Gasteiger partial charge in [0, 0.05) is 12.1 Å². The summed E-state index contributed by atoms with van der Waals surface area (Å²) in [4.78, 5) is 0. The van der Waals surface area contributed by atoms with Gasteiger partial charge in [0.1, 0.15) is 5.75 Å². The van der Waals surface area contributed by atoms with E-state index in [1.807, 2.05) is 12.1 Å². The lowest BCUT2D eigenvalue weighted by molar-refractivity contribution is 0.196. The SMILES string of the molecule is CC(NC1CCCC(C)C1C)c1cccc(O)c1. The van der Waals surface area contributed by atoms with Crippen LogP contribution < -0.4 is 5.32 Å². The average molecular weight is 247 g/mol. The number of phenolic OH excluding ortho intramolecular Hbond substituents is 1. The number of benzene rings is 1. The summed E-state index contributed by atoms with van der Waals surface area (Å²) in [6, 6.07) is 8.47. The highest BCUT2D eigenvalue weighted by Gasteiger charge is 2.27. The molecule has 1 aromatic carbocycles. The molecule has 1 saturated carbocycles. The Morgan fingerprint density at radius 2 is 2.06 bits per heavy atom. The van der Waals surface area contributed by atoms with Crippen molar-refractivity contribution in [2.45, 2.75) is 52.1 Å². The van der Waals surface area contributed by atoms with Crippen LogP contribution in [0.4, 0.5) is 0 Å². The largest absolute Gasteiger partial charge is 0.508 e. The lowest BCUT2D eigenvalue weighted by Crippen LogP contribution is -2.41. The standard InChI is InChI=1S/C16H25NO/c1-11-6-4-9-16(12(11)2)17-13(3)14-7-5-8-15(18)10-14/h5,7-8,10-13,16-18H,4,6,9H2,1-3H3. The van der Waals surface area contributed by atoms with Gasteiger partial charge in [-0.15, -0.1) is 0 Å². The van der Waals surface area contributed by atoms with Crippen LogP contribution >= 0.6 is 0 Å². The maximum Gasteiger partial charge on any atom is 0.115 e. The van der Waals surface area contributed by atoms with E-state index < -0.39 is 0 Å². The topological polar surface area (TPSA) is 32.3 Å². The summed E-state index contributed by atoms with van der Waals surface area (Å²) in [6.07, 6.45) is 3.96. The van der Waals surface area contributed by atoms with E-state index >= 15 is 0 Å². The molecule has 18 heavy (non-hydrogen) atoms. The van der Waals surface area contributed by atoms with Crippen molar-refractivity contribution in [2.24, 2.45) is 11.8 Å². The minimum atomic E-state index is 0.301. The summed E-state index contributed by atoms with van der Waals surface area (Å²) in [7, 11) is 0. The Morgan fingerprint density at radius 3 is 2.78 bits per heavy atom. The number of aromatic hydroxyl groups is 1. The van der Waals surface area contributed by atoms with Crippen molar-refractivity contribution in [3.8, 4) is 5.75 Å². The predicted octanol–water partition coefficient (Wildman–Crippen LogP) is 3.87. The highest BCUT2D eigenvalue weighted by molar-refractivity contribution is 5.29. The van der Waals surface area contributed by atoms with E-state index in [1.165, 1.54) is 24.8 Å². The van der Waals surface area contributed by atoms with Crippen LogP contribution in [-0.2, 0) is 0 Å². The fourth-order valence-corrected chi connectivity index (χ4v) is 3.03. The van der Waals surface area contributed by atoms with Crippen molar-refractivity contribution in [1.82, 2.24) is 5.32 Å². The molecule has 2 heteroatoms. The van der Waals surface area contributed by atoms with E-state index in [0.717, 1.165) is 11.8 Å². The fourth-order valence-electron chi connectivity index (χ4n) is 3.03. The second-order valence-corrected chi connectivity index (χ2v) is 5.86. The summed E-state index contributed by atoms with van der Waals surface area (Å²) in [5, 5.41) is 13.3. The van der Waals surface area contributed by atoms with Gasteiger partial charge in [0.15, 0.2) is 0 Å². The molecule has 4 unspecified atom stereocenters. The van der Waals surface area contributed by atoms with Gasteiger partial charge in [-0.1, -0.05) is 38.8 Å². The van der Waals surface area contributed by atoms with Gasteiger partial charge in [-0.25, -0.2) is 0 Å². The first-order chi connectivity index (χ1) is 8.58. The van der Waals surface area contributed by atoms with Crippen LogP contribution in [0.25, 0.3) is 0 Å². The molecule has 100 valence electrons. The van der Waals surface area contributed by atoms with E-state index in [2.05, 4.69) is 32.2 Å². The number of hydrogen-bond acceptors (Lipinski definition) is 2. The van der Waals surface area contributed by atoms with Crippen LogP contribution in [0, 0.1) is 11.8 Å². The molecule has 0 amide bonds. The molecule has 2 nitrogen and oxygen atoms in total. The van der Waals surface area contributed by atoms with Crippen molar-refractivity contribution in [2.75, 3.05) is 0 Å². The van der Waals surface area contributed by atoms with E-state index in [4.69, 9.17) is 0 Å². The molecule has 4 atom stereocenters. The van der Waals surface area contributed by atoms with Crippen molar-refractivity contribution in [3.63, 3.8) is 0 Å². The fraction of sp³-hybridized carbons (Fsp3) is 0.625. The van der Waals surface area contributed by atoms with Gasteiger partial charge in [-0.05, 0) is 42.9 Å². The van der Waals surface area contributed by atoms with Gasteiger partial charge in [0.05, 0.1) is 0 Å². The molecule has 0 saturated heterocycles. The molecule has 1 aliphatic rings. The number of rotatable bonds is 3. The van der Waals surface area contributed by atoms with Crippen LogP contribution in [0.3, 0.4) is 0 Å². The first-order valence-corrected chi connectivity index (χ1v) is 7.13. The van der Waals surface area contributed by atoms with Gasteiger partial charge in [0.25, 0.3) is 0 Å². The Morgan fingerprint density at radius 1 is 1.28 bits per heavy atom. The molecule has 2 rings (SSSR count). The minimum absolute atomic E-state index is 0.301. The third-order valence-corrected chi connectivity index (χ3v) is 4.54. The van der Waals surface area contributed by atoms with Crippen LogP contribution in [0.2, 0.25) is 0 Å². The highest BCUT2D eigenvalue weighted by Crippen LogP contribution is 2.31. The third kappa shape index (κ3) is 3.05. The van der Waals surface area contributed by atoms with Crippen molar-refractivity contribution in [3.05, 3.63) is 29.8 Å². The molecule has 0 spiro atoms. The van der Waals surface area contributed by atoms with Crippen LogP contribution in [-0.4, -0.2) is 11.1 Å². The Hall–Kier alpha value is -1.02. The van der Waals surface area contributed by atoms with Crippen LogP contribution in [0.1, 0.15) is 51.6 Å². The third-order valence-electron chi connectivity index (χ3n) is 4.54. The zero-order valence-corrected chi connectivity index (χ0v) is 11.7. The molecular formula is C16H25NO. The maximum absolute atomic E-state index is 9.53. The lowest BCUT2D eigenvalue weighted by Gasteiger charge is -2.36. The summed E-state index contributed by atoms with van der Waals surface area (Å²) in [6.45, 7) is 6.90. The highest BCUT2D eigenvalue weighted by atomic mass is 16.3. The molecule has 2 N–H and O–H groups in total. The van der Waals surface area contributed by atoms with Crippen molar-refractivity contribution < 1.29 is 5.11 Å². The predicted molar refractivity (Wildman–Crippen MR) is 75.6 cm³/mol. The smallest absolute Gasteiger partial charge is 0.115 e. The molecule has 0 heterocycles. The van der Waals surface area contributed by atoms with E-state index in [0.29, 0.717) is 17.8 Å².